The van der Waals surface area contributed by atoms with Crippen LogP contribution in [0.1, 0.15) is 38.6 Å². The number of nitrogens with one attached hydrogen (secondary N) is 1. The van der Waals surface area contributed by atoms with E-state index < -0.39 is 0 Å². The normalized spacial score (nSPS) is 21.6. The van der Waals surface area contributed by atoms with Gasteiger partial charge in [0.25, 0.3) is 0 Å². The summed E-state index contributed by atoms with van der Waals surface area (Å²) in [6.45, 7) is 5.29. The van der Waals surface area contributed by atoms with Gasteiger partial charge in [-0.25, -0.2) is 4.98 Å². The van der Waals surface area contributed by atoms with Crippen LogP contribution in [0, 0.1) is 0 Å². The molecule has 1 atom stereocenters. The van der Waals surface area contributed by atoms with Crippen LogP contribution in [0.3, 0.4) is 0 Å². The van der Waals surface area contributed by atoms with Gasteiger partial charge in [0.15, 0.2) is 0 Å². The van der Waals surface area contributed by atoms with Crippen molar-refractivity contribution in [3.8, 4) is 0 Å². The standard InChI is InChI=1S/C12H21N3S/c1-10(2)15-6-5-13-12(15)8-14-11-4-3-7-16-9-11/h5-6,10-11,14H,3-4,7-9H2,1-2H3/t11-/m0/s1. The zero-order valence-corrected chi connectivity index (χ0v) is 11.0. The van der Waals surface area contributed by atoms with Gasteiger partial charge < -0.3 is 9.88 Å². The van der Waals surface area contributed by atoms with E-state index in [1.165, 1.54) is 24.3 Å². The summed E-state index contributed by atoms with van der Waals surface area (Å²) in [4.78, 5) is 4.42. The van der Waals surface area contributed by atoms with E-state index in [4.69, 9.17) is 0 Å². The second-order valence-corrected chi connectivity index (χ2v) is 5.79. The molecule has 0 radical (unpaired) electrons. The van der Waals surface area contributed by atoms with Gasteiger partial charge in [-0.1, -0.05) is 0 Å². The highest BCUT2D eigenvalue weighted by molar-refractivity contribution is 7.99. The lowest BCUT2D eigenvalue weighted by Gasteiger charge is -2.22. The van der Waals surface area contributed by atoms with Gasteiger partial charge in [0.05, 0.1) is 6.54 Å². The van der Waals surface area contributed by atoms with Gasteiger partial charge in [0, 0.05) is 30.2 Å². The van der Waals surface area contributed by atoms with Crippen molar-refractivity contribution >= 4 is 11.8 Å². The Bertz CT molecular complexity index is 316. The monoisotopic (exact) mass is 239 g/mol. The third-order valence-electron chi connectivity index (χ3n) is 3.01. The van der Waals surface area contributed by atoms with Crippen molar-refractivity contribution in [1.29, 1.82) is 0 Å². The van der Waals surface area contributed by atoms with Crippen molar-refractivity contribution in [2.45, 2.75) is 45.3 Å². The minimum Gasteiger partial charge on any atom is -0.331 e. The SMILES string of the molecule is CC(C)n1ccnc1CN[C@H]1CCCSC1. The lowest BCUT2D eigenvalue weighted by molar-refractivity contribution is 0.476. The number of nitrogens with zero attached hydrogens (tertiary/aromatic N) is 2. The van der Waals surface area contributed by atoms with Gasteiger partial charge in [0.2, 0.25) is 0 Å². The highest BCUT2D eigenvalue weighted by Crippen LogP contribution is 2.17. The maximum Gasteiger partial charge on any atom is 0.122 e. The molecule has 0 unspecified atom stereocenters. The molecule has 1 saturated heterocycles. The first-order chi connectivity index (χ1) is 7.77. The Morgan fingerprint density at radius 1 is 1.62 bits per heavy atom. The number of imidazole rings is 1. The Hall–Kier alpha value is -0.480. The molecule has 0 saturated carbocycles. The molecule has 1 aromatic heterocycles. The van der Waals surface area contributed by atoms with E-state index in [1.807, 2.05) is 6.20 Å². The topological polar surface area (TPSA) is 29.9 Å². The minimum atomic E-state index is 0.500. The van der Waals surface area contributed by atoms with Crippen molar-refractivity contribution in [3.05, 3.63) is 18.2 Å². The summed E-state index contributed by atoms with van der Waals surface area (Å²) >= 11 is 2.06. The summed E-state index contributed by atoms with van der Waals surface area (Å²) in [7, 11) is 0. The molecule has 2 rings (SSSR count). The molecule has 1 fully saturated rings. The number of thioether (sulfide) groups is 1. The van der Waals surface area contributed by atoms with Crippen LogP contribution in [0.15, 0.2) is 12.4 Å². The fourth-order valence-electron chi connectivity index (χ4n) is 2.09. The lowest BCUT2D eigenvalue weighted by Crippen LogP contribution is -2.34. The van der Waals surface area contributed by atoms with E-state index >= 15 is 0 Å². The average Bonchev–Trinajstić information content (AvgIpc) is 2.76. The Morgan fingerprint density at radius 2 is 2.50 bits per heavy atom. The van der Waals surface area contributed by atoms with Crippen LogP contribution in [0.5, 0.6) is 0 Å². The summed E-state index contributed by atoms with van der Waals surface area (Å²) in [6.07, 6.45) is 6.63. The van der Waals surface area contributed by atoms with Crippen LogP contribution in [-0.4, -0.2) is 27.1 Å². The molecule has 0 aliphatic carbocycles. The summed E-state index contributed by atoms with van der Waals surface area (Å²) in [6, 6.07) is 1.18. The molecule has 1 aliphatic heterocycles. The van der Waals surface area contributed by atoms with Crippen LogP contribution in [-0.2, 0) is 6.54 Å². The van der Waals surface area contributed by atoms with E-state index in [-0.39, 0.29) is 0 Å². The van der Waals surface area contributed by atoms with Gasteiger partial charge in [0.1, 0.15) is 5.82 Å². The maximum absolute atomic E-state index is 4.42. The molecule has 0 bridgehead atoms. The molecule has 0 aromatic carbocycles. The van der Waals surface area contributed by atoms with E-state index in [9.17, 15) is 0 Å². The smallest absolute Gasteiger partial charge is 0.122 e. The van der Waals surface area contributed by atoms with Crippen molar-refractivity contribution < 1.29 is 0 Å². The van der Waals surface area contributed by atoms with Gasteiger partial charge in [-0.3, -0.25) is 0 Å². The minimum absolute atomic E-state index is 0.500. The van der Waals surface area contributed by atoms with Crippen molar-refractivity contribution in [3.63, 3.8) is 0 Å². The fraction of sp³-hybridized carbons (Fsp3) is 0.750. The van der Waals surface area contributed by atoms with Crippen LogP contribution in [0.2, 0.25) is 0 Å². The maximum atomic E-state index is 4.42. The Kier molecular flexibility index (Phi) is 4.29. The van der Waals surface area contributed by atoms with Gasteiger partial charge in [-0.05, 0) is 32.4 Å². The average molecular weight is 239 g/mol. The molecular formula is C12H21N3S. The van der Waals surface area contributed by atoms with E-state index in [0.717, 1.165) is 12.4 Å². The molecule has 90 valence electrons. The number of hydrogen-bond donors (Lipinski definition) is 1. The molecule has 16 heavy (non-hydrogen) atoms. The molecule has 1 aliphatic rings. The molecule has 4 heteroatoms. The van der Waals surface area contributed by atoms with E-state index in [1.54, 1.807) is 0 Å². The fourth-order valence-corrected chi connectivity index (χ4v) is 3.19. The third-order valence-corrected chi connectivity index (χ3v) is 4.23. The van der Waals surface area contributed by atoms with Crippen LogP contribution in [0.25, 0.3) is 0 Å². The number of rotatable bonds is 4. The highest BCUT2D eigenvalue weighted by atomic mass is 32.2. The van der Waals surface area contributed by atoms with Gasteiger partial charge in [-0.2, -0.15) is 11.8 Å². The largest absolute Gasteiger partial charge is 0.331 e. The van der Waals surface area contributed by atoms with Crippen LogP contribution in [0.4, 0.5) is 0 Å². The predicted octanol–water partition coefficient (Wildman–Crippen LogP) is 2.45. The molecule has 0 amide bonds. The molecule has 1 N–H and O–H groups in total. The first kappa shape index (κ1) is 12.0. The Morgan fingerprint density at radius 3 is 3.19 bits per heavy atom. The highest BCUT2D eigenvalue weighted by Gasteiger charge is 2.14. The second-order valence-electron chi connectivity index (χ2n) is 4.64. The molecule has 0 spiro atoms. The van der Waals surface area contributed by atoms with E-state index in [0.29, 0.717) is 12.1 Å². The Balaban J connectivity index is 1.86. The van der Waals surface area contributed by atoms with E-state index in [2.05, 4.69) is 46.7 Å². The Labute approximate surface area is 102 Å². The summed E-state index contributed by atoms with van der Waals surface area (Å²) in [5.41, 5.74) is 0. The van der Waals surface area contributed by atoms with Gasteiger partial charge >= 0.3 is 0 Å². The van der Waals surface area contributed by atoms with Crippen molar-refractivity contribution in [2.24, 2.45) is 0 Å². The molecule has 1 aromatic rings. The third kappa shape index (κ3) is 3.01. The first-order valence-electron chi connectivity index (χ1n) is 6.10. The molecule has 2 heterocycles. The van der Waals surface area contributed by atoms with Gasteiger partial charge in [-0.15, -0.1) is 0 Å². The number of aromatic nitrogens is 2. The number of hydrogen-bond acceptors (Lipinski definition) is 3. The second kappa shape index (κ2) is 5.73. The molecular weight excluding hydrogens is 218 g/mol. The van der Waals surface area contributed by atoms with Crippen LogP contribution < -0.4 is 5.32 Å². The zero-order valence-electron chi connectivity index (χ0n) is 10.1. The summed E-state index contributed by atoms with van der Waals surface area (Å²) in [5.74, 6) is 3.74. The van der Waals surface area contributed by atoms with Crippen LogP contribution >= 0.6 is 11.8 Å². The quantitative estimate of drug-likeness (QED) is 0.875. The lowest BCUT2D eigenvalue weighted by atomic mass is 10.2. The first-order valence-corrected chi connectivity index (χ1v) is 7.25. The zero-order chi connectivity index (χ0) is 11.4. The summed E-state index contributed by atoms with van der Waals surface area (Å²) in [5, 5.41) is 3.62. The predicted molar refractivity (Wildman–Crippen MR) is 69.8 cm³/mol. The molecule has 3 nitrogen and oxygen atoms in total. The van der Waals surface area contributed by atoms with Crippen molar-refractivity contribution in [1.82, 2.24) is 14.9 Å². The van der Waals surface area contributed by atoms with Crippen molar-refractivity contribution in [2.75, 3.05) is 11.5 Å². The summed E-state index contributed by atoms with van der Waals surface area (Å²) < 4.78 is 2.24.